The van der Waals surface area contributed by atoms with Crippen molar-refractivity contribution in [1.82, 2.24) is 10.6 Å². The van der Waals surface area contributed by atoms with Crippen LogP contribution in [0.15, 0.2) is 35.3 Å². The van der Waals surface area contributed by atoms with Gasteiger partial charge in [0.15, 0.2) is 5.96 Å². The molecule has 1 fully saturated rings. The number of benzene rings is 1. The Morgan fingerprint density at radius 3 is 2.58 bits per heavy atom. The van der Waals surface area contributed by atoms with Crippen LogP contribution in [0, 0.1) is 5.92 Å². The summed E-state index contributed by atoms with van der Waals surface area (Å²) in [7, 11) is 1.82. The van der Waals surface area contributed by atoms with Gasteiger partial charge in [-0.25, -0.2) is 0 Å². The Morgan fingerprint density at radius 2 is 2.00 bits per heavy atom. The molecule has 1 aromatic rings. The van der Waals surface area contributed by atoms with Gasteiger partial charge in [-0.2, -0.15) is 0 Å². The van der Waals surface area contributed by atoms with Crippen molar-refractivity contribution in [2.75, 3.05) is 13.6 Å². The molecule has 0 heterocycles. The Labute approximate surface area is 133 Å². The highest BCUT2D eigenvalue weighted by Crippen LogP contribution is 2.46. The van der Waals surface area contributed by atoms with Gasteiger partial charge < -0.3 is 10.6 Å². The minimum atomic E-state index is 0. The summed E-state index contributed by atoms with van der Waals surface area (Å²) in [6.07, 6.45) is 1.29. The number of nitrogens with one attached hydrogen (secondary N) is 2. The Balaban J connectivity index is 0.00000180. The molecule has 2 atom stereocenters. The van der Waals surface area contributed by atoms with E-state index in [1.807, 2.05) is 7.05 Å². The van der Waals surface area contributed by atoms with Crippen LogP contribution in [0.2, 0.25) is 0 Å². The first-order chi connectivity index (χ1) is 8.70. The molecule has 0 bridgehead atoms. The molecule has 0 aliphatic heterocycles. The molecular formula is C15H24IN3. The van der Waals surface area contributed by atoms with Gasteiger partial charge in [0, 0.05) is 19.6 Å². The summed E-state index contributed by atoms with van der Waals surface area (Å²) in [6, 6.07) is 11.2. The predicted octanol–water partition coefficient (Wildman–Crippen LogP) is 2.98. The number of nitrogens with zero attached hydrogens (tertiary/aromatic N) is 1. The number of guanidine groups is 1. The summed E-state index contributed by atoms with van der Waals surface area (Å²) in [5, 5.41) is 6.71. The van der Waals surface area contributed by atoms with Crippen LogP contribution in [0.3, 0.4) is 0 Å². The van der Waals surface area contributed by atoms with Crippen molar-refractivity contribution in [3.63, 3.8) is 0 Å². The van der Waals surface area contributed by atoms with Crippen molar-refractivity contribution in [3.8, 4) is 0 Å². The number of hydrogen-bond acceptors (Lipinski definition) is 1. The third-order valence-electron chi connectivity index (χ3n) is 3.33. The zero-order chi connectivity index (χ0) is 13.0. The van der Waals surface area contributed by atoms with Gasteiger partial charge in [-0.15, -0.1) is 24.0 Å². The maximum atomic E-state index is 4.22. The third-order valence-corrected chi connectivity index (χ3v) is 3.33. The van der Waals surface area contributed by atoms with Crippen LogP contribution in [-0.4, -0.2) is 25.6 Å². The summed E-state index contributed by atoms with van der Waals surface area (Å²) in [5.41, 5.74) is 1.47. The lowest BCUT2D eigenvalue weighted by molar-refractivity contribution is 0.675. The van der Waals surface area contributed by atoms with Crippen LogP contribution in [0.25, 0.3) is 0 Å². The highest BCUT2D eigenvalue weighted by Gasteiger charge is 2.37. The molecule has 0 amide bonds. The monoisotopic (exact) mass is 373 g/mol. The van der Waals surface area contributed by atoms with E-state index < -0.39 is 0 Å². The average Bonchev–Trinajstić information content (AvgIpc) is 3.14. The maximum absolute atomic E-state index is 4.22. The van der Waals surface area contributed by atoms with Gasteiger partial charge in [-0.3, -0.25) is 4.99 Å². The molecular weight excluding hydrogens is 349 g/mol. The molecule has 2 rings (SSSR count). The first-order valence-electron chi connectivity index (χ1n) is 6.73. The van der Waals surface area contributed by atoms with E-state index in [9.17, 15) is 0 Å². The molecule has 2 unspecified atom stereocenters. The SMILES string of the molecule is CN=C(NCC1CC1c1ccccc1)NC(C)C.I. The fourth-order valence-corrected chi connectivity index (χ4v) is 2.28. The summed E-state index contributed by atoms with van der Waals surface area (Å²) >= 11 is 0. The van der Waals surface area contributed by atoms with Crippen LogP contribution >= 0.6 is 24.0 Å². The number of hydrogen-bond donors (Lipinski definition) is 2. The molecule has 4 heteroatoms. The number of halogens is 1. The van der Waals surface area contributed by atoms with Gasteiger partial charge in [-0.1, -0.05) is 30.3 Å². The number of aliphatic imine (C=N–C) groups is 1. The van der Waals surface area contributed by atoms with Crippen LogP contribution < -0.4 is 10.6 Å². The Kier molecular flexibility index (Phi) is 6.62. The molecule has 1 aliphatic carbocycles. The van der Waals surface area contributed by atoms with Gasteiger partial charge in [0.2, 0.25) is 0 Å². The van der Waals surface area contributed by atoms with Gasteiger partial charge in [0.05, 0.1) is 0 Å². The van der Waals surface area contributed by atoms with Crippen molar-refractivity contribution >= 4 is 29.9 Å². The minimum absolute atomic E-state index is 0. The standard InChI is InChI=1S/C15H23N3.HI/c1-11(2)18-15(16-3)17-10-13-9-14(13)12-7-5-4-6-8-12;/h4-8,11,13-14H,9-10H2,1-3H3,(H2,16,17,18);1H. The van der Waals surface area contributed by atoms with Crippen molar-refractivity contribution in [1.29, 1.82) is 0 Å². The zero-order valence-electron chi connectivity index (χ0n) is 11.9. The summed E-state index contributed by atoms with van der Waals surface area (Å²) < 4.78 is 0. The lowest BCUT2D eigenvalue weighted by Gasteiger charge is -2.14. The highest BCUT2D eigenvalue weighted by atomic mass is 127. The van der Waals surface area contributed by atoms with E-state index in [0.717, 1.165) is 24.3 Å². The van der Waals surface area contributed by atoms with E-state index in [2.05, 4.69) is 59.8 Å². The van der Waals surface area contributed by atoms with Gasteiger partial charge in [0.1, 0.15) is 0 Å². The second-order valence-electron chi connectivity index (χ2n) is 5.27. The second kappa shape index (κ2) is 7.72. The first kappa shape index (κ1) is 16.3. The molecule has 1 aromatic carbocycles. The third kappa shape index (κ3) is 5.01. The average molecular weight is 373 g/mol. The Hall–Kier alpha value is -0.780. The van der Waals surface area contributed by atoms with E-state index in [1.54, 1.807) is 0 Å². The zero-order valence-corrected chi connectivity index (χ0v) is 14.2. The maximum Gasteiger partial charge on any atom is 0.191 e. The van der Waals surface area contributed by atoms with Gasteiger partial charge >= 0.3 is 0 Å². The Morgan fingerprint density at radius 1 is 1.32 bits per heavy atom. The quantitative estimate of drug-likeness (QED) is 0.484. The molecule has 106 valence electrons. The molecule has 0 spiro atoms. The van der Waals surface area contributed by atoms with Crippen molar-refractivity contribution in [2.24, 2.45) is 10.9 Å². The molecule has 0 aromatic heterocycles. The van der Waals surface area contributed by atoms with E-state index in [1.165, 1.54) is 12.0 Å². The molecule has 1 aliphatic rings. The van der Waals surface area contributed by atoms with Crippen molar-refractivity contribution in [3.05, 3.63) is 35.9 Å². The molecule has 2 N–H and O–H groups in total. The fraction of sp³-hybridized carbons (Fsp3) is 0.533. The van der Waals surface area contributed by atoms with Crippen molar-refractivity contribution in [2.45, 2.75) is 32.2 Å². The molecule has 19 heavy (non-hydrogen) atoms. The smallest absolute Gasteiger partial charge is 0.191 e. The van der Waals surface area contributed by atoms with Gasteiger partial charge in [-0.05, 0) is 37.7 Å². The molecule has 0 saturated heterocycles. The molecule has 1 saturated carbocycles. The normalized spacial score (nSPS) is 21.8. The summed E-state index contributed by atoms with van der Waals surface area (Å²) in [4.78, 5) is 4.22. The highest BCUT2D eigenvalue weighted by molar-refractivity contribution is 14.0. The minimum Gasteiger partial charge on any atom is -0.356 e. The lowest BCUT2D eigenvalue weighted by Crippen LogP contribution is -2.41. The van der Waals surface area contributed by atoms with E-state index in [4.69, 9.17) is 0 Å². The summed E-state index contributed by atoms with van der Waals surface area (Å²) in [6.45, 7) is 5.25. The van der Waals surface area contributed by atoms with E-state index in [0.29, 0.717) is 6.04 Å². The topological polar surface area (TPSA) is 36.4 Å². The molecule has 3 nitrogen and oxygen atoms in total. The van der Waals surface area contributed by atoms with Crippen molar-refractivity contribution < 1.29 is 0 Å². The summed E-state index contributed by atoms with van der Waals surface area (Å²) in [5.74, 6) is 2.39. The second-order valence-corrected chi connectivity index (χ2v) is 5.27. The molecule has 0 radical (unpaired) electrons. The fourth-order valence-electron chi connectivity index (χ4n) is 2.28. The van der Waals surface area contributed by atoms with Crippen LogP contribution in [0.1, 0.15) is 31.7 Å². The van der Waals surface area contributed by atoms with E-state index in [-0.39, 0.29) is 24.0 Å². The Bertz CT molecular complexity index is 403. The first-order valence-corrected chi connectivity index (χ1v) is 6.73. The van der Waals surface area contributed by atoms with Gasteiger partial charge in [0.25, 0.3) is 0 Å². The van der Waals surface area contributed by atoms with Crippen LogP contribution in [0.4, 0.5) is 0 Å². The van der Waals surface area contributed by atoms with Crippen LogP contribution in [-0.2, 0) is 0 Å². The predicted molar refractivity (Wildman–Crippen MR) is 92.3 cm³/mol. The van der Waals surface area contributed by atoms with E-state index >= 15 is 0 Å². The van der Waals surface area contributed by atoms with Crippen LogP contribution in [0.5, 0.6) is 0 Å². The lowest BCUT2D eigenvalue weighted by atomic mass is 10.1. The largest absolute Gasteiger partial charge is 0.356 e. The number of rotatable bonds is 4.